The first-order valence-corrected chi connectivity index (χ1v) is 13.8. The summed E-state index contributed by atoms with van der Waals surface area (Å²) in [7, 11) is -3.79. The molecule has 3 aromatic carbocycles. The standard InChI is InChI=1S/C26H27N3O4S.C2HF3O2/c1-19(30)28-22-11-13-24(14-12-22)34(32,33)29-23-9-7-21(8-10-23)26(16-17-26)25(31)27-18-15-20-5-3-2-4-6-20;3-2(4,5)1(6)7/h2-14,29H,15-18H2,1H3,(H,27,31)(H,28,30);(H,6,7). The monoisotopic (exact) mass is 591 g/mol. The van der Waals surface area contributed by atoms with E-state index in [1.165, 1.54) is 36.8 Å². The SMILES string of the molecule is CC(=O)Nc1ccc(S(=O)(=O)Nc2ccc(C3(C(=O)NCCc4ccccc4)CC3)cc2)cc1.O=C(O)C(F)(F)F. The third-order valence-electron chi connectivity index (χ3n) is 6.14. The van der Waals surface area contributed by atoms with Crippen LogP contribution in [-0.2, 0) is 36.2 Å². The zero-order chi connectivity index (χ0) is 30.3. The number of hydrogen-bond acceptors (Lipinski definition) is 5. The van der Waals surface area contributed by atoms with Gasteiger partial charge in [0.1, 0.15) is 0 Å². The number of carbonyl (C=O) groups excluding carboxylic acids is 2. The van der Waals surface area contributed by atoms with E-state index in [9.17, 15) is 31.2 Å². The molecule has 0 saturated heterocycles. The van der Waals surface area contributed by atoms with Gasteiger partial charge in [0.2, 0.25) is 11.8 Å². The van der Waals surface area contributed by atoms with Crippen LogP contribution in [0.25, 0.3) is 0 Å². The van der Waals surface area contributed by atoms with Crippen molar-refractivity contribution in [3.05, 3.63) is 90.0 Å². The number of anilines is 2. The highest BCUT2D eigenvalue weighted by Gasteiger charge is 2.51. The summed E-state index contributed by atoms with van der Waals surface area (Å²) in [6, 6.07) is 22.9. The minimum absolute atomic E-state index is 0.0102. The summed E-state index contributed by atoms with van der Waals surface area (Å²) in [5, 5.41) is 12.8. The van der Waals surface area contributed by atoms with Crippen LogP contribution in [0.5, 0.6) is 0 Å². The summed E-state index contributed by atoms with van der Waals surface area (Å²) in [4.78, 5) is 33.0. The summed E-state index contributed by atoms with van der Waals surface area (Å²) in [6.07, 6.45) is -2.76. The van der Waals surface area contributed by atoms with Crippen molar-refractivity contribution in [2.24, 2.45) is 0 Å². The van der Waals surface area contributed by atoms with E-state index in [2.05, 4.69) is 15.4 Å². The average molecular weight is 592 g/mol. The first kappa shape index (κ1) is 31.1. The number of aliphatic carboxylic acids is 1. The van der Waals surface area contributed by atoms with Crippen LogP contribution in [0, 0.1) is 0 Å². The first-order valence-electron chi connectivity index (χ1n) is 12.4. The van der Waals surface area contributed by atoms with E-state index in [-0.39, 0.29) is 16.7 Å². The molecule has 0 heterocycles. The predicted molar refractivity (Wildman–Crippen MR) is 146 cm³/mol. The summed E-state index contributed by atoms with van der Waals surface area (Å²) in [5.41, 5.74) is 2.46. The molecule has 0 atom stereocenters. The molecule has 41 heavy (non-hydrogen) atoms. The number of carboxylic acid groups (broad SMARTS) is 1. The van der Waals surface area contributed by atoms with Crippen LogP contribution < -0.4 is 15.4 Å². The Hall–Kier alpha value is -4.39. The maximum absolute atomic E-state index is 12.9. The minimum Gasteiger partial charge on any atom is -0.475 e. The third kappa shape index (κ3) is 8.80. The molecule has 0 radical (unpaired) electrons. The number of nitrogens with one attached hydrogen (secondary N) is 3. The number of alkyl halides is 3. The van der Waals surface area contributed by atoms with Crippen LogP contribution in [-0.4, -0.2) is 44.0 Å². The lowest BCUT2D eigenvalue weighted by Crippen LogP contribution is -2.35. The van der Waals surface area contributed by atoms with Gasteiger partial charge in [-0.3, -0.25) is 14.3 Å². The molecule has 3 aromatic rings. The molecule has 13 heteroatoms. The molecule has 2 amide bonds. The number of halogens is 3. The predicted octanol–water partition coefficient (Wildman–Crippen LogP) is 4.47. The highest BCUT2D eigenvalue weighted by Crippen LogP contribution is 2.48. The largest absolute Gasteiger partial charge is 0.490 e. The van der Waals surface area contributed by atoms with Crippen molar-refractivity contribution < 1.29 is 41.1 Å². The highest BCUT2D eigenvalue weighted by molar-refractivity contribution is 7.92. The molecule has 0 aromatic heterocycles. The number of rotatable bonds is 9. The van der Waals surface area contributed by atoms with E-state index < -0.39 is 27.6 Å². The molecule has 1 saturated carbocycles. The van der Waals surface area contributed by atoms with Crippen molar-refractivity contribution in [3.63, 3.8) is 0 Å². The van der Waals surface area contributed by atoms with E-state index >= 15 is 0 Å². The Kier molecular flexibility index (Phi) is 9.76. The van der Waals surface area contributed by atoms with E-state index in [0.29, 0.717) is 17.9 Å². The lowest BCUT2D eigenvalue weighted by molar-refractivity contribution is -0.192. The van der Waals surface area contributed by atoms with Crippen LogP contribution in [0.15, 0.2) is 83.8 Å². The molecule has 0 spiro atoms. The number of carboxylic acids is 1. The maximum atomic E-state index is 12.9. The average Bonchev–Trinajstić information content (AvgIpc) is 3.72. The lowest BCUT2D eigenvalue weighted by Gasteiger charge is -2.17. The van der Waals surface area contributed by atoms with Gasteiger partial charge in [-0.25, -0.2) is 13.2 Å². The van der Waals surface area contributed by atoms with Crippen LogP contribution in [0.2, 0.25) is 0 Å². The second-order valence-corrected chi connectivity index (χ2v) is 10.9. The summed E-state index contributed by atoms with van der Waals surface area (Å²) in [6.45, 7) is 1.96. The number of benzene rings is 3. The number of carbonyl (C=O) groups is 3. The Balaban J connectivity index is 0.000000587. The fourth-order valence-corrected chi connectivity index (χ4v) is 4.96. The van der Waals surface area contributed by atoms with Gasteiger partial charge >= 0.3 is 12.1 Å². The summed E-state index contributed by atoms with van der Waals surface area (Å²) in [5.74, 6) is -2.98. The first-order chi connectivity index (χ1) is 19.2. The zero-order valence-corrected chi connectivity index (χ0v) is 22.7. The Morgan fingerprint density at radius 3 is 1.90 bits per heavy atom. The van der Waals surface area contributed by atoms with E-state index in [4.69, 9.17) is 9.90 Å². The topological polar surface area (TPSA) is 142 Å². The van der Waals surface area contributed by atoms with Gasteiger partial charge in [-0.15, -0.1) is 0 Å². The van der Waals surface area contributed by atoms with Gasteiger partial charge in [0.15, 0.2) is 0 Å². The Bertz CT molecular complexity index is 1470. The van der Waals surface area contributed by atoms with Crippen molar-refractivity contribution >= 4 is 39.2 Å². The Morgan fingerprint density at radius 2 is 1.41 bits per heavy atom. The molecule has 4 N–H and O–H groups in total. The van der Waals surface area contributed by atoms with Gasteiger partial charge in [-0.05, 0) is 66.8 Å². The lowest BCUT2D eigenvalue weighted by atomic mass is 9.94. The third-order valence-corrected chi connectivity index (χ3v) is 7.54. The number of sulfonamides is 1. The molecule has 9 nitrogen and oxygen atoms in total. The molecule has 218 valence electrons. The van der Waals surface area contributed by atoms with E-state index in [0.717, 1.165) is 24.8 Å². The molecule has 0 aliphatic heterocycles. The molecular formula is C28H28F3N3O6S. The summed E-state index contributed by atoms with van der Waals surface area (Å²) < 4.78 is 59.7. The van der Waals surface area contributed by atoms with Crippen molar-refractivity contribution in [2.45, 2.75) is 42.7 Å². The number of amides is 2. The quantitative estimate of drug-likeness (QED) is 0.289. The molecular weight excluding hydrogens is 563 g/mol. The Morgan fingerprint density at radius 1 is 0.878 bits per heavy atom. The van der Waals surface area contributed by atoms with Crippen LogP contribution in [0.4, 0.5) is 24.5 Å². The van der Waals surface area contributed by atoms with Gasteiger partial charge in [-0.2, -0.15) is 13.2 Å². The van der Waals surface area contributed by atoms with E-state index in [1.807, 2.05) is 42.5 Å². The molecule has 1 aliphatic rings. The van der Waals surface area contributed by atoms with Crippen molar-refractivity contribution in [1.29, 1.82) is 0 Å². The van der Waals surface area contributed by atoms with Crippen molar-refractivity contribution in [3.8, 4) is 0 Å². The fraction of sp³-hybridized carbons (Fsp3) is 0.250. The molecule has 0 unspecified atom stereocenters. The molecule has 4 rings (SSSR count). The fourth-order valence-electron chi connectivity index (χ4n) is 3.90. The van der Waals surface area contributed by atoms with Crippen LogP contribution in [0.3, 0.4) is 0 Å². The second kappa shape index (κ2) is 12.9. The second-order valence-electron chi connectivity index (χ2n) is 9.26. The van der Waals surface area contributed by atoms with Gasteiger partial charge in [-0.1, -0.05) is 42.5 Å². The molecule has 1 fully saturated rings. The van der Waals surface area contributed by atoms with Gasteiger partial charge in [0.05, 0.1) is 10.3 Å². The van der Waals surface area contributed by atoms with Gasteiger partial charge < -0.3 is 15.7 Å². The normalized spacial score (nSPS) is 13.7. The smallest absolute Gasteiger partial charge is 0.475 e. The number of hydrogen-bond donors (Lipinski definition) is 4. The van der Waals surface area contributed by atoms with E-state index in [1.54, 1.807) is 12.1 Å². The maximum Gasteiger partial charge on any atom is 0.490 e. The molecule has 1 aliphatic carbocycles. The van der Waals surface area contributed by atoms with Gasteiger partial charge in [0, 0.05) is 24.8 Å². The zero-order valence-electron chi connectivity index (χ0n) is 21.9. The highest BCUT2D eigenvalue weighted by atomic mass is 32.2. The Labute approximate surface area is 234 Å². The van der Waals surface area contributed by atoms with Crippen molar-refractivity contribution in [2.75, 3.05) is 16.6 Å². The van der Waals surface area contributed by atoms with Gasteiger partial charge in [0.25, 0.3) is 10.0 Å². The molecule has 0 bridgehead atoms. The van der Waals surface area contributed by atoms with Crippen molar-refractivity contribution in [1.82, 2.24) is 5.32 Å². The van der Waals surface area contributed by atoms with Crippen LogP contribution >= 0.6 is 0 Å². The van der Waals surface area contributed by atoms with Crippen LogP contribution in [0.1, 0.15) is 30.9 Å². The minimum atomic E-state index is -5.08. The summed E-state index contributed by atoms with van der Waals surface area (Å²) >= 11 is 0.